The predicted molar refractivity (Wildman–Crippen MR) is 75.8 cm³/mol. The maximum atomic E-state index is 11.7. The molecular formula is C12H21N3O4S. The van der Waals surface area contributed by atoms with Crippen LogP contribution in [-0.4, -0.2) is 42.6 Å². The number of carbonyl (C=O) groups is 1. The molecule has 1 aromatic heterocycles. The second kappa shape index (κ2) is 6.85. The van der Waals surface area contributed by atoms with Crippen molar-refractivity contribution in [2.75, 3.05) is 18.1 Å². The van der Waals surface area contributed by atoms with E-state index in [1.54, 1.807) is 13.0 Å². The van der Waals surface area contributed by atoms with Crippen molar-refractivity contribution in [2.45, 2.75) is 39.7 Å². The number of hydrogen-bond acceptors (Lipinski definition) is 5. The average molecular weight is 303 g/mol. The number of aryl methyl sites for hydroxylation is 1. The summed E-state index contributed by atoms with van der Waals surface area (Å²) in [6.07, 6.45) is 1.92. The van der Waals surface area contributed by atoms with Gasteiger partial charge >= 0.3 is 0 Å². The molecule has 0 fully saturated rings. The topological polar surface area (TPSA) is 92.5 Å². The van der Waals surface area contributed by atoms with Gasteiger partial charge in [-0.3, -0.25) is 4.79 Å². The molecule has 0 aromatic carbocycles. The third-order valence-electron chi connectivity index (χ3n) is 2.96. The van der Waals surface area contributed by atoms with Crippen LogP contribution in [-0.2, 0) is 14.8 Å². The number of carbonyl (C=O) groups excluding carboxylic acids is 1. The smallest absolute Gasteiger partial charge is 0.226 e. The molecule has 0 aliphatic heterocycles. The normalized spacial score (nSPS) is 13.4. The summed E-state index contributed by atoms with van der Waals surface area (Å²) in [6.45, 7) is 5.59. The van der Waals surface area contributed by atoms with E-state index in [2.05, 4.69) is 10.5 Å². The molecule has 1 aromatic rings. The minimum atomic E-state index is -3.32. The minimum absolute atomic E-state index is 0.0727. The Labute approximate surface area is 119 Å². The fourth-order valence-electron chi connectivity index (χ4n) is 1.76. The van der Waals surface area contributed by atoms with E-state index in [1.165, 1.54) is 4.31 Å². The van der Waals surface area contributed by atoms with E-state index in [0.717, 1.165) is 6.26 Å². The zero-order valence-electron chi connectivity index (χ0n) is 12.2. The molecule has 1 atom stereocenters. The number of aromatic nitrogens is 1. The summed E-state index contributed by atoms with van der Waals surface area (Å²) in [6, 6.07) is 1.47. The van der Waals surface area contributed by atoms with Gasteiger partial charge in [0.25, 0.3) is 0 Å². The van der Waals surface area contributed by atoms with Crippen LogP contribution in [0.3, 0.4) is 0 Å². The number of hydrogen-bond donors (Lipinski definition) is 1. The summed E-state index contributed by atoms with van der Waals surface area (Å²) in [5.74, 6) is 0.634. The van der Waals surface area contributed by atoms with Crippen molar-refractivity contribution in [3.05, 3.63) is 11.8 Å². The van der Waals surface area contributed by atoms with Gasteiger partial charge < -0.3 is 9.84 Å². The third kappa shape index (κ3) is 4.93. The number of rotatable bonds is 7. The van der Waals surface area contributed by atoms with E-state index in [-0.39, 0.29) is 24.9 Å². The highest BCUT2D eigenvalue weighted by atomic mass is 32.2. The Kier molecular flexibility index (Phi) is 5.70. The van der Waals surface area contributed by atoms with Gasteiger partial charge in [0, 0.05) is 25.1 Å². The SMILES string of the molecule is CCC(C)N(CCC(=O)Nc1cc(C)on1)S(C)(=O)=O. The van der Waals surface area contributed by atoms with Crippen LogP contribution in [0.15, 0.2) is 10.6 Å². The molecule has 0 bridgehead atoms. The molecule has 1 unspecified atom stereocenters. The maximum Gasteiger partial charge on any atom is 0.226 e. The van der Waals surface area contributed by atoms with Crippen LogP contribution >= 0.6 is 0 Å². The fourth-order valence-corrected chi connectivity index (χ4v) is 2.98. The third-order valence-corrected chi connectivity index (χ3v) is 4.36. The lowest BCUT2D eigenvalue weighted by Gasteiger charge is -2.25. The van der Waals surface area contributed by atoms with Crippen molar-refractivity contribution in [1.82, 2.24) is 9.46 Å². The second-order valence-corrected chi connectivity index (χ2v) is 6.69. The first kappa shape index (κ1) is 16.6. The van der Waals surface area contributed by atoms with Gasteiger partial charge in [-0.1, -0.05) is 12.1 Å². The van der Waals surface area contributed by atoms with Crippen molar-refractivity contribution in [3.63, 3.8) is 0 Å². The van der Waals surface area contributed by atoms with Crippen LogP contribution in [0.4, 0.5) is 5.82 Å². The van der Waals surface area contributed by atoms with Crippen LogP contribution < -0.4 is 5.32 Å². The van der Waals surface area contributed by atoms with Gasteiger partial charge in [0.1, 0.15) is 5.76 Å². The number of nitrogens with zero attached hydrogens (tertiary/aromatic N) is 2. The molecule has 1 amide bonds. The summed E-state index contributed by atoms with van der Waals surface area (Å²) in [5.41, 5.74) is 0. The first-order chi connectivity index (χ1) is 9.24. The number of sulfonamides is 1. The van der Waals surface area contributed by atoms with E-state index in [0.29, 0.717) is 18.0 Å². The van der Waals surface area contributed by atoms with Crippen molar-refractivity contribution < 1.29 is 17.7 Å². The first-order valence-electron chi connectivity index (χ1n) is 6.44. The molecule has 8 heteroatoms. The maximum absolute atomic E-state index is 11.7. The Morgan fingerprint density at radius 3 is 2.65 bits per heavy atom. The van der Waals surface area contributed by atoms with Gasteiger partial charge in [-0.15, -0.1) is 0 Å². The van der Waals surface area contributed by atoms with Crippen molar-refractivity contribution >= 4 is 21.7 Å². The number of anilines is 1. The molecule has 7 nitrogen and oxygen atoms in total. The molecule has 0 radical (unpaired) electrons. The van der Waals surface area contributed by atoms with Crippen molar-refractivity contribution in [3.8, 4) is 0 Å². The molecule has 1 rings (SSSR count). The lowest BCUT2D eigenvalue weighted by molar-refractivity contribution is -0.116. The molecule has 20 heavy (non-hydrogen) atoms. The molecule has 114 valence electrons. The van der Waals surface area contributed by atoms with E-state index < -0.39 is 10.0 Å². The van der Waals surface area contributed by atoms with Gasteiger partial charge in [-0.2, -0.15) is 4.31 Å². The Morgan fingerprint density at radius 2 is 2.20 bits per heavy atom. The summed E-state index contributed by atoms with van der Waals surface area (Å²) < 4.78 is 29.5. The molecule has 0 saturated heterocycles. The van der Waals surface area contributed by atoms with Gasteiger partial charge in [0.15, 0.2) is 5.82 Å². The van der Waals surface area contributed by atoms with Crippen molar-refractivity contribution in [1.29, 1.82) is 0 Å². The van der Waals surface area contributed by atoms with E-state index in [1.807, 2.05) is 13.8 Å². The molecule has 0 spiro atoms. The lowest BCUT2D eigenvalue weighted by atomic mass is 10.2. The summed E-state index contributed by atoms with van der Waals surface area (Å²) in [7, 11) is -3.32. The highest BCUT2D eigenvalue weighted by molar-refractivity contribution is 7.88. The Morgan fingerprint density at radius 1 is 1.55 bits per heavy atom. The first-order valence-corrected chi connectivity index (χ1v) is 8.28. The lowest BCUT2D eigenvalue weighted by Crippen LogP contribution is -2.39. The molecule has 0 aliphatic rings. The Bertz CT molecular complexity index is 553. The monoisotopic (exact) mass is 303 g/mol. The summed E-state index contributed by atoms with van der Waals surface area (Å²) in [5, 5.41) is 6.21. The summed E-state index contributed by atoms with van der Waals surface area (Å²) in [4.78, 5) is 11.7. The van der Waals surface area contributed by atoms with E-state index in [4.69, 9.17) is 4.52 Å². The average Bonchev–Trinajstić information content (AvgIpc) is 2.72. The molecular weight excluding hydrogens is 282 g/mol. The van der Waals surface area contributed by atoms with Crippen LogP contribution in [0.1, 0.15) is 32.4 Å². The van der Waals surface area contributed by atoms with Gasteiger partial charge in [-0.05, 0) is 20.3 Å². The zero-order valence-corrected chi connectivity index (χ0v) is 13.0. The number of amides is 1. The minimum Gasteiger partial charge on any atom is -0.360 e. The molecule has 0 aliphatic carbocycles. The molecule has 1 heterocycles. The highest BCUT2D eigenvalue weighted by Crippen LogP contribution is 2.11. The standard InChI is InChI=1S/C12H21N3O4S/c1-5-9(2)15(20(4,17)18)7-6-12(16)13-11-8-10(3)19-14-11/h8-9H,5-7H2,1-4H3,(H,13,14,16). The zero-order chi connectivity index (χ0) is 15.3. The van der Waals surface area contributed by atoms with Crippen LogP contribution in [0.25, 0.3) is 0 Å². The predicted octanol–water partition coefficient (Wildman–Crippen LogP) is 1.37. The largest absolute Gasteiger partial charge is 0.360 e. The van der Waals surface area contributed by atoms with E-state index >= 15 is 0 Å². The summed E-state index contributed by atoms with van der Waals surface area (Å²) >= 11 is 0. The number of nitrogens with one attached hydrogen (secondary N) is 1. The Hall–Kier alpha value is -1.41. The second-order valence-electron chi connectivity index (χ2n) is 4.75. The van der Waals surface area contributed by atoms with Crippen LogP contribution in [0.2, 0.25) is 0 Å². The van der Waals surface area contributed by atoms with Gasteiger partial charge in [0.2, 0.25) is 15.9 Å². The van der Waals surface area contributed by atoms with Crippen molar-refractivity contribution in [2.24, 2.45) is 0 Å². The van der Waals surface area contributed by atoms with Gasteiger partial charge in [-0.25, -0.2) is 8.42 Å². The quantitative estimate of drug-likeness (QED) is 0.821. The van der Waals surface area contributed by atoms with Crippen LogP contribution in [0, 0.1) is 6.92 Å². The molecule has 0 saturated carbocycles. The molecule has 1 N–H and O–H groups in total. The fraction of sp³-hybridized carbons (Fsp3) is 0.667. The van der Waals surface area contributed by atoms with Gasteiger partial charge in [0.05, 0.1) is 6.26 Å². The highest BCUT2D eigenvalue weighted by Gasteiger charge is 2.22. The van der Waals surface area contributed by atoms with Crippen LogP contribution in [0.5, 0.6) is 0 Å². The van der Waals surface area contributed by atoms with E-state index in [9.17, 15) is 13.2 Å². The Balaban J connectivity index is 2.57.